The van der Waals surface area contributed by atoms with E-state index in [2.05, 4.69) is 15.4 Å². The Kier molecular flexibility index (Phi) is 2.49. The van der Waals surface area contributed by atoms with Crippen molar-refractivity contribution >= 4 is 44.0 Å². The van der Waals surface area contributed by atoms with Crippen LogP contribution in [0.15, 0.2) is 30.6 Å². The van der Waals surface area contributed by atoms with Gasteiger partial charge in [0.25, 0.3) is 0 Å². The minimum atomic E-state index is 0.704. The molecule has 0 spiro atoms. The zero-order chi connectivity index (χ0) is 11.8. The molecule has 2 aromatic heterocycles. The first kappa shape index (κ1) is 10.6. The number of benzene rings is 1. The molecule has 17 heavy (non-hydrogen) atoms. The molecule has 86 valence electrons. The predicted octanol–water partition coefficient (Wildman–Crippen LogP) is 3.43. The molecular formula is C11H9ClN4S. The van der Waals surface area contributed by atoms with Gasteiger partial charge in [0, 0.05) is 18.3 Å². The third-order valence-corrected chi connectivity index (χ3v) is 3.49. The first-order valence-corrected chi connectivity index (χ1v) is 6.22. The number of hydrogen-bond acceptors (Lipinski definition) is 4. The molecule has 0 aliphatic rings. The van der Waals surface area contributed by atoms with Crippen molar-refractivity contribution in [3.8, 4) is 0 Å². The Balaban J connectivity index is 1.95. The van der Waals surface area contributed by atoms with Gasteiger partial charge >= 0.3 is 0 Å². The summed E-state index contributed by atoms with van der Waals surface area (Å²) in [6.07, 6.45) is 3.66. The van der Waals surface area contributed by atoms with Gasteiger partial charge in [0.2, 0.25) is 0 Å². The molecule has 0 aliphatic carbocycles. The molecule has 3 rings (SSSR count). The van der Waals surface area contributed by atoms with Crippen LogP contribution in [0.1, 0.15) is 0 Å². The summed E-state index contributed by atoms with van der Waals surface area (Å²) in [5.41, 5.74) is 1.84. The van der Waals surface area contributed by atoms with E-state index in [1.54, 1.807) is 22.2 Å². The fourth-order valence-corrected chi connectivity index (χ4v) is 2.60. The summed E-state index contributed by atoms with van der Waals surface area (Å²) < 4.78 is 2.85. The molecule has 0 saturated carbocycles. The van der Waals surface area contributed by atoms with Crippen molar-refractivity contribution in [1.29, 1.82) is 0 Å². The zero-order valence-electron chi connectivity index (χ0n) is 9.01. The Morgan fingerprint density at radius 2 is 2.29 bits per heavy atom. The highest BCUT2D eigenvalue weighted by Gasteiger charge is 2.05. The average Bonchev–Trinajstić information content (AvgIpc) is 2.84. The average molecular weight is 265 g/mol. The topological polar surface area (TPSA) is 42.7 Å². The number of nitrogens with one attached hydrogen (secondary N) is 1. The molecule has 0 radical (unpaired) electrons. The van der Waals surface area contributed by atoms with Crippen molar-refractivity contribution in [3.05, 3.63) is 35.6 Å². The van der Waals surface area contributed by atoms with E-state index < -0.39 is 0 Å². The van der Waals surface area contributed by atoms with Crippen LogP contribution in [0.4, 0.5) is 10.8 Å². The van der Waals surface area contributed by atoms with Crippen molar-refractivity contribution in [2.45, 2.75) is 0 Å². The summed E-state index contributed by atoms with van der Waals surface area (Å²) in [5, 5.41) is 8.85. The van der Waals surface area contributed by atoms with Crippen LogP contribution >= 0.6 is 22.9 Å². The molecule has 2 heterocycles. The van der Waals surface area contributed by atoms with E-state index in [4.69, 9.17) is 11.6 Å². The molecule has 1 N–H and O–H groups in total. The number of hydrogen-bond donors (Lipinski definition) is 1. The van der Waals surface area contributed by atoms with Crippen LogP contribution in [0.25, 0.3) is 10.2 Å². The molecule has 0 unspecified atom stereocenters. The van der Waals surface area contributed by atoms with Gasteiger partial charge in [-0.3, -0.25) is 4.68 Å². The maximum absolute atomic E-state index is 5.92. The quantitative estimate of drug-likeness (QED) is 0.771. The SMILES string of the molecule is Cn1cc(Nc2nc3cc(Cl)ccc3s2)cn1. The maximum atomic E-state index is 5.92. The summed E-state index contributed by atoms with van der Waals surface area (Å²) >= 11 is 7.51. The number of aromatic nitrogens is 3. The van der Waals surface area contributed by atoms with Crippen LogP contribution < -0.4 is 5.32 Å². The van der Waals surface area contributed by atoms with E-state index >= 15 is 0 Å². The molecule has 0 bridgehead atoms. The smallest absolute Gasteiger partial charge is 0.188 e. The lowest BCUT2D eigenvalue weighted by Crippen LogP contribution is -1.87. The van der Waals surface area contributed by atoms with E-state index in [-0.39, 0.29) is 0 Å². The normalized spacial score (nSPS) is 10.9. The maximum Gasteiger partial charge on any atom is 0.188 e. The van der Waals surface area contributed by atoms with E-state index in [0.717, 1.165) is 21.0 Å². The number of nitrogens with zero attached hydrogens (tertiary/aromatic N) is 3. The van der Waals surface area contributed by atoms with Gasteiger partial charge in [-0.15, -0.1) is 0 Å². The molecule has 0 atom stereocenters. The lowest BCUT2D eigenvalue weighted by Gasteiger charge is -1.94. The fourth-order valence-electron chi connectivity index (χ4n) is 1.56. The number of fused-ring (bicyclic) bond motifs is 1. The third kappa shape index (κ3) is 2.11. The second kappa shape index (κ2) is 4.01. The molecule has 3 aromatic rings. The van der Waals surface area contributed by atoms with Gasteiger partial charge in [-0.25, -0.2) is 4.98 Å². The van der Waals surface area contributed by atoms with Gasteiger partial charge in [0.05, 0.1) is 22.1 Å². The lowest BCUT2D eigenvalue weighted by molar-refractivity contribution is 0.768. The standard InChI is InChI=1S/C11H9ClN4S/c1-16-6-8(5-13-16)14-11-15-9-4-7(12)2-3-10(9)17-11/h2-6H,1H3,(H,14,15). The van der Waals surface area contributed by atoms with Gasteiger partial charge in [0.1, 0.15) is 0 Å². The highest BCUT2D eigenvalue weighted by molar-refractivity contribution is 7.22. The van der Waals surface area contributed by atoms with E-state index in [1.807, 2.05) is 31.4 Å². The third-order valence-electron chi connectivity index (χ3n) is 2.31. The van der Waals surface area contributed by atoms with Crippen molar-refractivity contribution in [3.63, 3.8) is 0 Å². The molecule has 1 aromatic carbocycles. The largest absolute Gasteiger partial charge is 0.329 e. The van der Waals surface area contributed by atoms with Crippen LogP contribution in [0.5, 0.6) is 0 Å². The number of halogens is 1. The Labute approximate surface area is 107 Å². The summed E-state index contributed by atoms with van der Waals surface area (Å²) in [7, 11) is 1.88. The Bertz CT molecular complexity index is 673. The summed E-state index contributed by atoms with van der Waals surface area (Å²) in [6.45, 7) is 0. The number of rotatable bonds is 2. The number of anilines is 2. The second-order valence-corrected chi connectivity index (χ2v) is 5.13. The van der Waals surface area contributed by atoms with Crippen LogP contribution in [0, 0.1) is 0 Å². The molecule has 0 saturated heterocycles. The first-order valence-electron chi connectivity index (χ1n) is 5.02. The summed E-state index contributed by atoms with van der Waals surface area (Å²) in [6, 6.07) is 5.71. The minimum absolute atomic E-state index is 0.704. The number of aryl methyl sites for hydroxylation is 1. The van der Waals surface area contributed by atoms with Crippen LogP contribution in [0.3, 0.4) is 0 Å². The first-order chi connectivity index (χ1) is 8.20. The van der Waals surface area contributed by atoms with Crippen molar-refractivity contribution in [2.75, 3.05) is 5.32 Å². The molecule has 6 heteroatoms. The van der Waals surface area contributed by atoms with Crippen molar-refractivity contribution < 1.29 is 0 Å². The fraction of sp³-hybridized carbons (Fsp3) is 0.0909. The Hall–Kier alpha value is -1.59. The van der Waals surface area contributed by atoms with E-state index in [1.165, 1.54) is 0 Å². The van der Waals surface area contributed by atoms with Crippen LogP contribution in [0.2, 0.25) is 5.02 Å². The lowest BCUT2D eigenvalue weighted by atomic mass is 10.3. The zero-order valence-corrected chi connectivity index (χ0v) is 10.6. The molecule has 0 fully saturated rings. The van der Waals surface area contributed by atoms with Gasteiger partial charge in [-0.1, -0.05) is 22.9 Å². The Morgan fingerprint density at radius 1 is 1.41 bits per heavy atom. The molecule has 4 nitrogen and oxygen atoms in total. The second-order valence-electron chi connectivity index (χ2n) is 3.66. The monoisotopic (exact) mass is 264 g/mol. The van der Waals surface area contributed by atoms with Gasteiger partial charge in [0.15, 0.2) is 5.13 Å². The van der Waals surface area contributed by atoms with Crippen LogP contribution in [-0.4, -0.2) is 14.8 Å². The molecule has 0 amide bonds. The molecule has 0 aliphatic heterocycles. The van der Waals surface area contributed by atoms with Gasteiger partial charge in [-0.05, 0) is 18.2 Å². The Morgan fingerprint density at radius 3 is 3.06 bits per heavy atom. The van der Waals surface area contributed by atoms with Crippen LogP contribution in [-0.2, 0) is 7.05 Å². The highest BCUT2D eigenvalue weighted by Crippen LogP contribution is 2.29. The highest BCUT2D eigenvalue weighted by atomic mass is 35.5. The predicted molar refractivity (Wildman–Crippen MR) is 71.1 cm³/mol. The van der Waals surface area contributed by atoms with Crippen molar-refractivity contribution in [2.24, 2.45) is 7.05 Å². The van der Waals surface area contributed by atoms with Gasteiger partial charge < -0.3 is 5.32 Å². The van der Waals surface area contributed by atoms with E-state index in [9.17, 15) is 0 Å². The molecular weight excluding hydrogens is 256 g/mol. The van der Waals surface area contributed by atoms with Gasteiger partial charge in [-0.2, -0.15) is 5.10 Å². The summed E-state index contributed by atoms with van der Waals surface area (Å²) in [4.78, 5) is 4.46. The number of thiazole rings is 1. The minimum Gasteiger partial charge on any atom is -0.329 e. The summed E-state index contributed by atoms with van der Waals surface area (Å²) in [5.74, 6) is 0. The van der Waals surface area contributed by atoms with Crippen molar-refractivity contribution in [1.82, 2.24) is 14.8 Å². The van der Waals surface area contributed by atoms with E-state index in [0.29, 0.717) is 5.02 Å².